The van der Waals surface area contributed by atoms with Crippen LogP contribution in [0, 0.1) is 17.8 Å². The molecule has 7 nitrogen and oxygen atoms in total. The number of carbonyl (C=O) groups is 2. The van der Waals surface area contributed by atoms with Gasteiger partial charge in [-0.25, -0.2) is 0 Å². The van der Waals surface area contributed by atoms with Gasteiger partial charge in [-0.1, -0.05) is 25.7 Å². The van der Waals surface area contributed by atoms with Gasteiger partial charge in [-0.2, -0.15) is 5.10 Å². The topological polar surface area (TPSA) is 78.5 Å². The number of hydrogen-bond acceptors (Lipinski definition) is 4. The quantitative estimate of drug-likeness (QED) is 0.883. The summed E-state index contributed by atoms with van der Waals surface area (Å²) in [5.74, 6) is 1.93. The molecule has 0 radical (unpaired) electrons. The second-order valence-corrected chi connectivity index (χ2v) is 8.47. The Labute approximate surface area is 153 Å². The van der Waals surface area contributed by atoms with Crippen molar-refractivity contribution in [1.82, 2.24) is 20.0 Å². The molecular formula is C19H26N4O3. The Morgan fingerprint density at radius 1 is 1.19 bits per heavy atom. The van der Waals surface area contributed by atoms with Gasteiger partial charge in [0.25, 0.3) is 5.91 Å². The average molecular weight is 358 g/mol. The minimum Gasteiger partial charge on any atom is -0.368 e. The number of H-pyrrole nitrogens is 1. The van der Waals surface area contributed by atoms with Gasteiger partial charge in [-0.3, -0.25) is 14.7 Å². The summed E-state index contributed by atoms with van der Waals surface area (Å²) in [4.78, 5) is 29.1. The summed E-state index contributed by atoms with van der Waals surface area (Å²) in [5, 5.41) is 6.55. The number of nitrogens with zero attached hydrogens (tertiary/aromatic N) is 3. The molecule has 26 heavy (non-hydrogen) atoms. The molecule has 0 bridgehead atoms. The number of carbonyl (C=O) groups excluding carboxylic acids is 2. The van der Waals surface area contributed by atoms with Crippen molar-refractivity contribution in [3.05, 3.63) is 18.0 Å². The molecule has 4 aliphatic rings. The summed E-state index contributed by atoms with van der Waals surface area (Å²) in [7, 11) is 0. The van der Waals surface area contributed by atoms with Crippen LogP contribution >= 0.6 is 0 Å². The normalized spacial score (nSPS) is 30.5. The molecule has 2 saturated heterocycles. The Kier molecular flexibility index (Phi) is 3.81. The number of aromatic amines is 1. The molecule has 1 N–H and O–H groups in total. The summed E-state index contributed by atoms with van der Waals surface area (Å²) in [6, 6.07) is 1.68. The number of nitrogens with one attached hydrogen (secondary N) is 1. The van der Waals surface area contributed by atoms with Crippen molar-refractivity contribution in [3.8, 4) is 0 Å². The van der Waals surface area contributed by atoms with E-state index in [1.807, 2.05) is 4.90 Å². The minimum atomic E-state index is -0.374. The van der Waals surface area contributed by atoms with Gasteiger partial charge in [0.1, 0.15) is 11.3 Å². The molecule has 2 atom stereocenters. The Morgan fingerprint density at radius 3 is 2.69 bits per heavy atom. The molecule has 0 aromatic carbocycles. The first-order valence-electron chi connectivity index (χ1n) is 9.87. The molecule has 1 spiro atoms. The van der Waals surface area contributed by atoms with Gasteiger partial charge in [0.2, 0.25) is 5.91 Å². The second kappa shape index (κ2) is 6.08. The predicted molar refractivity (Wildman–Crippen MR) is 93.3 cm³/mol. The molecule has 2 saturated carbocycles. The van der Waals surface area contributed by atoms with E-state index < -0.39 is 0 Å². The van der Waals surface area contributed by atoms with E-state index in [1.54, 1.807) is 17.2 Å². The highest BCUT2D eigenvalue weighted by atomic mass is 16.5. The number of morpholine rings is 1. The minimum absolute atomic E-state index is 0.0522. The number of aromatic nitrogens is 2. The fourth-order valence-corrected chi connectivity index (χ4v) is 5.20. The van der Waals surface area contributed by atoms with E-state index in [2.05, 4.69) is 10.2 Å². The van der Waals surface area contributed by atoms with Crippen LogP contribution in [0.25, 0.3) is 0 Å². The Morgan fingerprint density at radius 2 is 1.96 bits per heavy atom. The Hall–Kier alpha value is -1.89. The van der Waals surface area contributed by atoms with Crippen LogP contribution in [0.4, 0.5) is 0 Å². The molecule has 5 rings (SSSR count). The highest BCUT2D eigenvalue weighted by molar-refractivity contribution is 5.93. The van der Waals surface area contributed by atoms with E-state index in [-0.39, 0.29) is 17.4 Å². The number of rotatable bonds is 3. The lowest BCUT2D eigenvalue weighted by atomic mass is 9.91. The van der Waals surface area contributed by atoms with Crippen LogP contribution in [0.2, 0.25) is 0 Å². The third kappa shape index (κ3) is 2.73. The van der Waals surface area contributed by atoms with Crippen molar-refractivity contribution in [2.75, 3.05) is 32.8 Å². The van der Waals surface area contributed by atoms with Gasteiger partial charge in [-0.05, 0) is 24.3 Å². The average Bonchev–Trinajstić information content (AvgIpc) is 3.06. The zero-order valence-electron chi connectivity index (χ0n) is 15.0. The summed E-state index contributed by atoms with van der Waals surface area (Å²) < 4.78 is 5.99. The van der Waals surface area contributed by atoms with E-state index in [9.17, 15) is 9.59 Å². The maximum Gasteiger partial charge on any atom is 0.272 e. The monoisotopic (exact) mass is 358 g/mol. The Balaban J connectivity index is 1.17. The third-order valence-corrected chi connectivity index (χ3v) is 6.70. The first-order valence-corrected chi connectivity index (χ1v) is 9.87. The lowest BCUT2D eigenvalue weighted by molar-refractivity contribution is -0.180. The molecule has 140 valence electrons. The molecule has 2 amide bonds. The highest BCUT2D eigenvalue weighted by Crippen LogP contribution is 2.51. The molecular weight excluding hydrogens is 332 g/mol. The summed E-state index contributed by atoms with van der Waals surface area (Å²) in [5.41, 5.74) is 0.127. The highest BCUT2D eigenvalue weighted by Gasteiger charge is 2.54. The Bertz CT molecular complexity index is 692. The summed E-state index contributed by atoms with van der Waals surface area (Å²) >= 11 is 0. The first-order chi connectivity index (χ1) is 12.7. The van der Waals surface area contributed by atoms with Crippen LogP contribution < -0.4 is 0 Å². The molecule has 2 unspecified atom stereocenters. The second-order valence-electron chi connectivity index (χ2n) is 8.47. The molecule has 1 aromatic rings. The van der Waals surface area contributed by atoms with Crippen LogP contribution in [0.3, 0.4) is 0 Å². The molecule has 2 aliphatic carbocycles. The molecule has 4 fully saturated rings. The number of likely N-dealkylation sites (tertiary alicyclic amines) is 1. The summed E-state index contributed by atoms with van der Waals surface area (Å²) in [6.07, 6.45) is 7.96. The predicted octanol–water partition coefficient (Wildman–Crippen LogP) is 1.29. The molecule has 1 aromatic heterocycles. The van der Waals surface area contributed by atoms with E-state index >= 15 is 0 Å². The van der Waals surface area contributed by atoms with Crippen molar-refractivity contribution >= 4 is 11.8 Å². The molecule has 7 heteroatoms. The van der Waals surface area contributed by atoms with Crippen molar-refractivity contribution in [2.45, 2.75) is 37.7 Å². The van der Waals surface area contributed by atoms with Crippen LogP contribution in [-0.2, 0) is 9.53 Å². The van der Waals surface area contributed by atoms with Crippen molar-refractivity contribution < 1.29 is 14.3 Å². The van der Waals surface area contributed by atoms with E-state index in [1.165, 1.54) is 25.7 Å². The van der Waals surface area contributed by atoms with Gasteiger partial charge in [0, 0.05) is 18.7 Å². The fourth-order valence-electron chi connectivity index (χ4n) is 5.20. The number of ether oxygens (including phenoxy) is 1. The smallest absolute Gasteiger partial charge is 0.272 e. The third-order valence-electron chi connectivity index (χ3n) is 6.70. The van der Waals surface area contributed by atoms with Gasteiger partial charge in [0.15, 0.2) is 0 Å². The SMILES string of the molecule is O=C(c1ccn[nH]1)N1CC2(C1)CN(C(=O)C1CC1C1CCCC1)CCO2. The van der Waals surface area contributed by atoms with Crippen LogP contribution in [0.15, 0.2) is 12.3 Å². The lowest BCUT2D eigenvalue weighted by Gasteiger charge is -2.53. The van der Waals surface area contributed by atoms with Crippen LogP contribution in [0.1, 0.15) is 42.6 Å². The lowest BCUT2D eigenvalue weighted by Crippen LogP contribution is -2.71. The van der Waals surface area contributed by atoms with E-state index in [4.69, 9.17) is 4.74 Å². The largest absolute Gasteiger partial charge is 0.368 e. The standard InChI is InChI=1S/C19H26N4O3/c24-17(15-9-14(15)13-3-1-2-4-13)22-7-8-26-19(10-22)11-23(12-19)18(25)16-5-6-20-21-16/h5-6,13-15H,1-4,7-12H2,(H,20,21). The van der Waals surface area contributed by atoms with E-state index in [0.29, 0.717) is 50.3 Å². The fraction of sp³-hybridized carbons (Fsp3) is 0.737. The maximum atomic E-state index is 12.9. The van der Waals surface area contributed by atoms with Gasteiger partial charge in [-0.15, -0.1) is 0 Å². The van der Waals surface area contributed by atoms with Crippen LogP contribution in [-0.4, -0.2) is 70.2 Å². The van der Waals surface area contributed by atoms with Crippen molar-refractivity contribution in [2.24, 2.45) is 17.8 Å². The maximum absolute atomic E-state index is 12.9. The molecule has 3 heterocycles. The first kappa shape index (κ1) is 16.3. The van der Waals surface area contributed by atoms with Crippen molar-refractivity contribution in [1.29, 1.82) is 0 Å². The van der Waals surface area contributed by atoms with Gasteiger partial charge >= 0.3 is 0 Å². The van der Waals surface area contributed by atoms with Gasteiger partial charge in [0.05, 0.1) is 26.2 Å². The van der Waals surface area contributed by atoms with Crippen molar-refractivity contribution in [3.63, 3.8) is 0 Å². The summed E-state index contributed by atoms with van der Waals surface area (Å²) in [6.45, 7) is 2.96. The van der Waals surface area contributed by atoms with Gasteiger partial charge < -0.3 is 14.5 Å². The van der Waals surface area contributed by atoms with Crippen LogP contribution in [0.5, 0.6) is 0 Å². The number of hydrogen-bond donors (Lipinski definition) is 1. The zero-order valence-corrected chi connectivity index (χ0v) is 15.0. The molecule has 2 aliphatic heterocycles. The number of amides is 2. The van der Waals surface area contributed by atoms with E-state index in [0.717, 1.165) is 12.3 Å². The zero-order chi connectivity index (χ0) is 17.7.